The van der Waals surface area contributed by atoms with Crippen molar-refractivity contribution in [2.24, 2.45) is 0 Å². The van der Waals surface area contributed by atoms with Gasteiger partial charge in [0.15, 0.2) is 0 Å². The summed E-state index contributed by atoms with van der Waals surface area (Å²) >= 11 is 1.15. The van der Waals surface area contributed by atoms with E-state index in [1.807, 2.05) is 0 Å². The molecule has 11 heavy (non-hydrogen) atoms. The minimum Gasteiger partial charge on any atom is -0.210 e. The highest BCUT2D eigenvalue weighted by atomic mass is 32.2. The lowest BCUT2D eigenvalue weighted by atomic mass is 10.4. The summed E-state index contributed by atoms with van der Waals surface area (Å²) in [6.07, 6.45) is -2.24. The summed E-state index contributed by atoms with van der Waals surface area (Å²) in [5.41, 5.74) is 0. The van der Waals surface area contributed by atoms with Gasteiger partial charge in [-0.2, -0.15) is 0 Å². The zero-order valence-corrected chi connectivity index (χ0v) is 6.57. The second-order valence-corrected chi connectivity index (χ2v) is 3.03. The van der Waals surface area contributed by atoms with Gasteiger partial charge in [-0.25, -0.2) is 8.78 Å². The largest absolute Gasteiger partial charge is 0.247 e. The first-order valence-electron chi connectivity index (χ1n) is 3.16. The van der Waals surface area contributed by atoms with Crippen LogP contribution in [0.3, 0.4) is 0 Å². The van der Waals surface area contributed by atoms with E-state index >= 15 is 0 Å². The summed E-state index contributed by atoms with van der Waals surface area (Å²) in [4.78, 5) is 0.841. The number of alkyl halides is 2. The van der Waals surface area contributed by atoms with Crippen molar-refractivity contribution in [2.45, 2.75) is 11.3 Å². The molecule has 0 spiro atoms. The number of halogens is 2. The van der Waals surface area contributed by atoms with Gasteiger partial charge >= 0.3 is 0 Å². The smallest absolute Gasteiger partial charge is 0.210 e. The second-order valence-electron chi connectivity index (χ2n) is 1.94. The summed E-state index contributed by atoms with van der Waals surface area (Å²) in [5, 5.41) is 0. The first kappa shape index (κ1) is 8.53. The Kier molecular flexibility index (Phi) is 3.36. The molecule has 1 radical (unpaired) electrons. The van der Waals surface area contributed by atoms with Gasteiger partial charge in [-0.05, 0) is 18.2 Å². The third-order valence-corrected chi connectivity index (χ3v) is 2.06. The van der Waals surface area contributed by atoms with E-state index in [0.29, 0.717) is 0 Å². The van der Waals surface area contributed by atoms with Gasteiger partial charge in [0, 0.05) is 4.90 Å². The van der Waals surface area contributed by atoms with Crippen LogP contribution in [0.25, 0.3) is 0 Å². The Morgan fingerprint density at radius 2 is 2.36 bits per heavy atom. The van der Waals surface area contributed by atoms with Gasteiger partial charge in [0.25, 0.3) is 0 Å². The summed E-state index contributed by atoms with van der Waals surface area (Å²) in [7, 11) is 0. The van der Waals surface area contributed by atoms with Crippen LogP contribution in [0.2, 0.25) is 0 Å². The molecule has 0 heterocycles. The molecule has 1 aromatic rings. The van der Waals surface area contributed by atoms with E-state index < -0.39 is 6.43 Å². The van der Waals surface area contributed by atoms with Crippen LogP contribution >= 0.6 is 11.8 Å². The SMILES string of the molecule is FC(F)CSc1c[c]ccc1. The first-order chi connectivity index (χ1) is 5.29. The van der Waals surface area contributed by atoms with Gasteiger partial charge in [-0.15, -0.1) is 11.8 Å². The van der Waals surface area contributed by atoms with Crippen LogP contribution in [0.5, 0.6) is 0 Å². The Morgan fingerprint density at radius 3 is 2.91 bits per heavy atom. The Labute approximate surface area is 68.6 Å². The first-order valence-corrected chi connectivity index (χ1v) is 4.14. The molecule has 1 rings (SSSR count). The van der Waals surface area contributed by atoms with Crippen molar-refractivity contribution >= 4 is 11.8 Å². The molecule has 0 nitrogen and oxygen atoms in total. The molecule has 0 aliphatic heterocycles. The highest BCUT2D eigenvalue weighted by Gasteiger charge is 2.02. The predicted octanol–water partition coefficient (Wildman–Crippen LogP) is 2.84. The summed E-state index contributed by atoms with van der Waals surface area (Å²) in [6.45, 7) is 0. The van der Waals surface area contributed by atoms with Gasteiger partial charge in [-0.1, -0.05) is 12.1 Å². The van der Waals surface area contributed by atoms with Gasteiger partial charge in [-0.3, -0.25) is 0 Å². The minimum atomic E-state index is -2.24. The van der Waals surface area contributed by atoms with E-state index in [9.17, 15) is 8.78 Å². The van der Waals surface area contributed by atoms with Gasteiger partial charge in [0.1, 0.15) is 0 Å². The van der Waals surface area contributed by atoms with Crippen molar-refractivity contribution in [1.29, 1.82) is 0 Å². The predicted molar refractivity (Wildman–Crippen MR) is 42.0 cm³/mol. The fraction of sp³-hybridized carbons (Fsp3) is 0.250. The number of hydrogen-bond donors (Lipinski definition) is 0. The molecule has 0 aliphatic carbocycles. The quantitative estimate of drug-likeness (QED) is 0.633. The van der Waals surface area contributed by atoms with Crippen LogP contribution in [-0.2, 0) is 0 Å². The Bertz CT molecular complexity index is 199. The van der Waals surface area contributed by atoms with Crippen molar-refractivity contribution in [3.63, 3.8) is 0 Å². The molecule has 0 saturated carbocycles. The van der Waals surface area contributed by atoms with E-state index in [1.54, 1.807) is 24.3 Å². The summed E-state index contributed by atoms with van der Waals surface area (Å²) in [6, 6.07) is 9.84. The molecule has 59 valence electrons. The molecule has 3 heteroatoms. The van der Waals surface area contributed by atoms with E-state index in [2.05, 4.69) is 6.07 Å². The van der Waals surface area contributed by atoms with Crippen LogP contribution in [-0.4, -0.2) is 12.2 Å². The summed E-state index contributed by atoms with van der Waals surface area (Å²) in [5.74, 6) is -0.141. The topological polar surface area (TPSA) is 0 Å². The normalized spacial score (nSPS) is 10.5. The maximum absolute atomic E-state index is 11.7. The molecule has 1 aromatic carbocycles. The molecule has 0 aliphatic rings. The molecule has 0 aromatic heterocycles. The second kappa shape index (κ2) is 4.34. The molecule has 0 atom stereocenters. The lowest BCUT2D eigenvalue weighted by Crippen LogP contribution is -1.92. The molecule has 0 amide bonds. The Morgan fingerprint density at radius 1 is 1.55 bits per heavy atom. The average molecular weight is 173 g/mol. The fourth-order valence-electron chi connectivity index (χ4n) is 0.626. The Hall–Kier alpha value is -0.570. The van der Waals surface area contributed by atoms with Gasteiger partial charge < -0.3 is 0 Å². The highest BCUT2D eigenvalue weighted by Crippen LogP contribution is 2.18. The van der Waals surface area contributed by atoms with E-state index in [1.165, 1.54) is 0 Å². The summed E-state index contributed by atoms with van der Waals surface area (Å²) < 4.78 is 23.4. The maximum atomic E-state index is 11.7. The molecular weight excluding hydrogens is 166 g/mol. The van der Waals surface area contributed by atoms with Crippen molar-refractivity contribution in [1.82, 2.24) is 0 Å². The lowest BCUT2D eigenvalue weighted by Gasteiger charge is -1.98. The zero-order valence-electron chi connectivity index (χ0n) is 5.76. The minimum absolute atomic E-state index is 0.141. The van der Waals surface area contributed by atoms with Crippen LogP contribution in [0, 0.1) is 6.07 Å². The van der Waals surface area contributed by atoms with Gasteiger partial charge in [0.05, 0.1) is 5.75 Å². The monoisotopic (exact) mass is 173 g/mol. The molecule has 0 saturated heterocycles. The number of hydrogen-bond acceptors (Lipinski definition) is 1. The zero-order chi connectivity index (χ0) is 8.10. The number of benzene rings is 1. The molecule has 0 fully saturated rings. The highest BCUT2D eigenvalue weighted by molar-refractivity contribution is 7.99. The van der Waals surface area contributed by atoms with Crippen LogP contribution in [0.4, 0.5) is 8.78 Å². The van der Waals surface area contributed by atoms with Crippen LogP contribution in [0.15, 0.2) is 29.2 Å². The van der Waals surface area contributed by atoms with E-state index in [-0.39, 0.29) is 5.75 Å². The van der Waals surface area contributed by atoms with E-state index in [0.717, 1.165) is 16.7 Å². The van der Waals surface area contributed by atoms with Crippen LogP contribution in [0.1, 0.15) is 0 Å². The molecule has 0 bridgehead atoms. The van der Waals surface area contributed by atoms with Gasteiger partial charge in [0.2, 0.25) is 6.43 Å². The van der Waals surface area contributed by atoms with Crippen molar-refractivity contribution in [3.05, 3.63) is 30.3 Å². The number of thioether (sulfide) groups is 1. The van der Waals surface area contributed by atoms with Crippen LogP contribution < -0.4 is 0 Å². The third-order valence-electron chi connectivity index (χ3n) is 1.05. The maximum Gasteiger partial charge on any atom is 0.247 e. The molecular formula is C8H7F2S. The third kappa shape index (κ3) is 3.37. The van der Waals surface area contributed by atoms with Crippen molar-refractivity contribution in [3.8, 4) is 0 Å². The van der Waals surface area contributed by atoms with E-state index in [4.69, 9.17) is 0 Å². The lowest BCUT2D eigenvalue weighted by molar-refractivity contribution is 0.177. The average Bonchev–Trinajstić information content (AvgIpc) is 2.03. The number of rotatable bonds is 3. The Balaban J connectivity index is 2.39. The molecule has 0 unspecified atom stereocenters. The van der Waals surface area contributed by atoms with Crippen molar-refractivity contribution < 1.29 is 8.78 Å². The fourth-order valence-corrected chi connectivity index (χ4v) is 1.27. The standard InChI is InChI=1S/C8H7F2S/c9-8(10)6-11-7-4-2-1-3-5-7/h1-2,4-5,8H,6H2. The molecule has 0 N–H and O–H groups in total. The van der Waals surface area contributed by atoms with Crippen molar-refractivity contribution in [2.75, 3.05) is 5.75 Å².